The molecule has 22 heavy (non-hydrogen) atoms. The fraction of sp³-hybridized carbons (Fsp3) is 0.333. The number of guanidine groups is 1. The standard InChI is InChI=1S/C15H19F2N5/c1-18-15(20-5-2-7-22-8-6-19-11-22)21-10-12-9-13(16)3-4-14(12)17/h3-4,6,8-9,11H,2,5,7,10H2,1H3,(H2,18,20,21). The number of halogens is 2. The summed E-state index contributed by atoms with van der Waals surface area (Å²) in [5.41, 5.74) is 0.265. The van der Waals surface area contributed by atoms with Gasteiger partial charge in [0.1, 0.15) is 11.6 Å². The molecule has 2 rings (SSSR count). The van der Waals surface area contributed by atoms with E-state index in [1.807, 2.05) is 10.8 Å². The number of aryl methyl sites for hydroxylation is 1. The molecule has 0 bridgehead atoms. The Balaban J connectivity index is 1.74. The van der Waals surface area contributed by atoms with Gasteiger partial charge in [-0.3, -0.25) is 4.99 Å². The highest BCUT2D eigenvalue weighted by atomic mass is 19.1. The maximum atomic E-state index is 13.5. The highest BCUT2D eigenvalue weighted by Gasteiger charge is 2.05. The third-order valence-corrected chi connectivity index (χ3v) is 3.12. The molecule has 1 aromatic heterocycles. The van der Waals surface area contributed by atoms with E-state index < -0.39 is 11.6 Å². The summed E-state index contributed by atoms with van der Waals surface area (Å²) in [4.78, 5) is 8.02. The molecule has 0 fully saturated rings. The summed E-state index contributed by atoms with van der Waals surface area (Å²) in [6.45, 7) is 1.73. The second-order valence-corrected chi connectivity index (χ2v) is 4.74. The van der Waals surface area contributed by atoms with Crippen LogP contribution in [0.3, 0.4) is 0 Å². The minimum atomic E-state index is -0.457. The van der Waals surface area contributed by atoms with Crippen molar-refractivity contribution in [1.29, 1.82) is 0 Å². The minimum Gasteiger partial charge on any atom is -0.356 e. The molecule has 7 heteroatoms. The van der Waals surface area contributed by atoms with Crippen molar-refractivity contribution in [3.8, 4) is 0 Å². The monoisotopic (exact) mass is 307 g/mol. The summed E-state index contributed by atoms with van der Waals surface area (Å²) >= 11 is 0. The summed E-state index contributed by atoms with van der Waals surface area (Å²) in [6, 6.07) is 3.39. The van der Waals surface area contributed by atoms with Gasteiger partial charge in [-0.15, -0.1) is 0 Å². The lowest BCUT2D eigenvalue weighted by molar-refractivity contribution is 0.580. The van der Waals surface area contributed by atoms with Crippen molar-refractivity contribution in [1.82, 2.24) is 20.2 Å². The van der Waals surface area contributed by atoms with Gasteiger partial charge in [0.05, 0.1) is 6.33 Å². The molecule has 0 aliphatic rings. The number of rotatable bonds is 6. The van der Waals surface area contributed by atoms with Crippen LogP contribution >= 0.6 is 0 Å². The van der Waals surface area contributed by atoms with Gasteiger partial charge in [-0.05, 0) is 24.6 Å². The average molecular weight is 307 g/mol. The first-order valence-corrected chi connectivity index (χ1v) is 7.03. The first-order chi connectivity index (χ1) is 10.7. The Kier molecular flexibility index (Phi) is 5.88. The summed E-state index contributed by atoms with van der Waals surface area (Å²) in [7, 11) is 1.63. The van der Waals surface area contributed by atoms with Crippen LogP contribution in [0, 0.1) is 11.6 Å². The van der Waals surface area contributed by atoms with Gasteiger partial charge in [0, 0.05) is 44.6 Å². The Morgan fingerprint density at radius 3 is 2.91 bits per heavy atom. The molecule has 1 heterocycles. The number of hydrogen-bond acceptors (Lipinski definition) is 2. The predicted octanol–water partition coefficient (Wildman–Crippen LogP) is 1.92. The Bertz CT molecular complexity index is 610. The fourth-order valence-electron chi connectivity index (χ4n) is 1.97. The molecular formula is C15H19F2N5. The molecule has 0 unspecified atom stereocenters. The molecule has 0 aliphatic carbocycles. The molecule has 2 N–H and O–H groups in total. The maximum Gasteiger partial charge on any atom is 0.191 e. The molecule has 2 aromatic rings. The summed E-state index contributed by atoms with van der Waals surface area (Å²) in [5, 5.41) is 6.09. The fourth-order valence-corrected chi connectivity index (χ4v) is 1.97. The van der Waals surface area contributed by atoms with Crippen LogP contribution in [0.25, 0.3) is 0 Å². The maximum absolute atomic E-state index is 13.5. The van der Waals surface area contributed by atoms with Crippen LogP contribution in [0.2, 0.25) is 0 Å². The number of hydrogen-bond donors (Lipinski definition) is 2. The van der Waals surface area contributed by atoms with Gasteiger partial charge in [-0.1, -0.05) is 0 Å². The van der Waals surface area contributed by atoms with E-state index in [9.17, 15) is 8.78 Å². The number of imidazole rings is 1. The van der Waals surface area contributed by atoms with E-state index in [0.29, 0.717) is 12.5 Å². The van der Waals surface area contributed by atoms with E-state index >= 15 is 0 Å². The van der Waals surface area contributed by atoms with Gasteiger partial charge >= 0.3 is 0 Å². The topological polar surface area (TPSA) is 54.2 Å². The van der Waals surface area contributed by atoms with Gasteiger partial charge in [0.25, 0.3) is 0 Å². The van der Waals surface area contributed by atoms with Crippen molar-refractivity contribution < 1.29 is 8.78 Å². The Hall–Kier alpha value is -2.44. The lowest BCUT2D eigenvalue weighted by atomic mass is 10.2. The molecular weight excluding hydrogens is 288 g/mol. The minimum absolute atomic E-state index is 0.171. The van der Waals surface area contributed by atoms with Crippen molar-refractivity contribution >= 4 is 5.96 Å². The average Bonchev–Trinajstić information content (AvgIpc) is 3.03. The normalized spacial score (nSPS) is 11.5. The Morgan fingerprint density at radius 2 is 2.18 bits per heavy atom. The first kappa shape index (κ1) is 15.9. The zero-order chi connectivity index (χ0) is 15.8. The second-order valence-electron chi connectivity index (χ2n) is 4.74. The Labute approximate surface area is 128 Å². The zero-order valence-electron chi connectivity index (χ0n) is 12.4. The summed E-state index contributed by atoms with van der Waals surface area (Å²) < 4.78 is 28.6. The first-order valence-electron chi connectivity index (χ1n) is 7.03. The van der Waals surface area contributed by atoms with Gasteiger partial charge in [0.15, 0.2) is 5.96 Å². The molecule has 5 nitrogen and oxygen atoms in total. The highest BCUT2D eigenvalue weighted by Crippen LogP contribution is 2.08. The largest absolute Gasteiger partial charge is 0.356 e. The zero-order valence-corrected chi connectivity index (χ0v) is 12.4. The van der Waals surface area contributed by atoms with Crippen LogP contribution in [0.4, 0.5) is 8.78 Å². The van der Waals surface area contributed by atoms with E-state index in [1.54, 1.807) is 19.6 Å². The summed E-state index contributed by atoms with van der Waals surface area (Å²) in [5.74, 6) is -0.347. The van der Waals surface area contributed by atoms with Crippen LogP contribution in [-0.2, 0) is 13.1 Å². The van der Waals surface area contributed by atoms with Crippen LogP contribution in [0.1, 0.15) is 12.0 Å². The third kappa shape index (κ3) is 4.83. The molecule has 1 aromatic carbocycles. The van der Waals surface area contributed by atoms with E-state index in [4.69, 9.17) is 0 Å². The quantitative estimate of drug-likeness (QED) is 0.487. The van der Waals surface area contributed by atoms with Crippen LogP contribution < -0.4 is 10.6 Å². The van der Waals surface area contributed by atoms with Crippen molar-refractivity contribution in [2.24, 2.45) is 4.99 Å². The smallest absolute Gasteiger partial charge is 0.191 e. The van der Waals surface area contributed by atoms with Crippen LogP contribution in [-0.4, -0.2) is 29.1 Å². The Morgan fingerprint density at radius 1 is 1.32 bits per heavy atom. The predicted molar refractivity (Wildman–Crippen MR) is 81.4 cm³/mol. The molecule has 0 saturated carbocycles. The van der Waals surface area contributed by atoms with Gasteiger partial charge in [-0.25, -0.2) is 13.8 Å². The number of benzene rings is 1. The molecule has 0 spiro atoms. The van der Waals surface area contributed by atoms with E-state index in [2.05, 4.69) is 20.6 Å². The van der Waals surface area contributed by atoms with Crippen LogP contribution in [0.5, 0.6) is 0 Å². The van der Waals surface area contributed by atoms with Gasteiger partial charge in [0.2, 0.25) is 0 Å². The van der Waals surface area contributed by atoms with Gasteiger partial charge in [-0.2, -0.15) is 0 Å². The molecule has 0 atom stereocenters. The summed E-state index contributed by atoms with van der Waals surface area (Å²) in [6.07, 6.45) is 6.30. The highest BCUT2D eigenvalue weighted by molar-refractivity contribution is 5.79. The van der Waals surface area contributed by atoms with Gasteiger partial charge < -0.3 is 15.2 Å². The van der Waals surface area contributed by atoms with E-state index in [0.717, 1.165) is 25.1 Å². The van der Waals surface area contributed by atoms with Crippen molar-refractivity contribution in [2.45, 2.75) is 19.5 Å². The van der Waals surface area contributed by atoms with Crippen LogP contribution in [0.15, 0.2) is 41.9 Å². The number of nitrogens with one attached hydrogen (secondary N) is 2. The van der Waals surface area contributed by atoms with Crippen molar-refractivity contribution in [3.05, 3.63) is 54.1 Å². The number of aliphatic imine (C=N–C) groups is 1. The lowest BCUT2D eigenvalue weighted by Gasteiger charge is -2.12. The molecule has 0 aliphatic heterocycles. The van der Waals surface area contributed by atoms with Crippen molar-refractivity contribution in [3.63, 3.8) is 0 Å². The third-order valence-electron chi connectivity index (χ3n) is 3.12. The molecule has 0 radical (unpaired) electrons. The molecule has 0 saturated heterocycles. The molecule has 0 amide bonds. The second kappa shape index (κ2) is 8.11. The van der Waals surface area contributed by atoms with E-state index in [1.165, 1.54) is 6.07 Å². The number of nitrogens with zero attached hydrogens (tertiary/aromatic N) is 3. The SMILES string of the molecule is CN=C(NCCCn1ccnc1)NCc1cc(F)ccc1F. The molecule has 118 valence electrons. The number of aromatic nitrogens is 2. The van der Waals surface area contributed by atoms with E-state index in [-0.39, 0.29) is 12.1 Å². The van der Waals surface area contributed by atoms with Crippen molar-refractivity contribution in [2.75, 3.05) is 13.6 Å². The lowest BCUT2D eigenvalue weighted by Crippen LogP contribution is -2.37.